The van der Waals surface area contributed by atoms with Gasteiger partial charge in [0.1, 0.15) is 0 Å². The molecule has 0 radical (unpaired) electrons. The fourth-order valence-corrected chi connectivity index (χ4v) is 6.21. The van der Waals surface area contributed by atoms with Gasteiger partial charge >= 0.3 is 0 Å². The van der Waals surface area contributed by atoms with Gasteiger partial charge in [-0.3, -0.25) is 4.99 Å². The van der Waals surface area contributed by atoms with Crippen molar-refractivity contribution in [1.82, 2.24) is 10.3 Å². The molecule has 3 heteroatoms. The summed E-state index contributed by atoms with van der Waals surface area (Å²) in [5.41, 5.74) is 3.72. The molecule has 2 aliphatic rings. The Morgan fingerprint density at radius 2 is 1.65 bits per heavy atom. The van der Waals surface area contributed by atoms with Gasteiger partial charge in [0.15, 0.2) is 0 Å². The number of nitrogens with one attached hydrogen (secondary N) is 1. The van der Waals surface area contributed by atoms with Gasteiger partial charge in [0.2, 0.25) is 0 Å². The predicted octanol–water partition coefficient (Wildman–Crippen LogP) is 7.22. The van der Waals surface area contributed by atoms with Crippen molar-refractivity contribution in [1.29, 1.82) is 0 Å². The number of aromatic nitrogens is 1. The molecule has 1 heterocycles. The molecule has 0 bridgehead atoms. The van der Waals surface area contributed by atoms with Crippen LogP contribution in [0.3, 0.4) is 0 Å². The number of rotatable bonds is 5. The van der Waals surface area contributed by atoms with Gasteiger partial charge in [-0.25, -0.2) is 4.98 Å². The Kier molecular flexibility index (Phi) is 8.00. The Balaban J connectivity index is 1.63. The minimum atomic E-state index is 0.275. The summed E-state index contributed by atoms with van der Waals surface area (Å²) in [6.07, 6.45) is 7.81. The number of pyridine rings is 1. The summed E-state index contributed by atoms with van der Waals surface area (Å²) < 4.78 is 0. The first-order valence-corrected chi connectivity index (χ1v) is 12.8. The number of aliphatic imine (C=N–C) groups is 1. The van der Waals surface area contributed by atoms with Gasteiger partial charge in [0, 0.05) is 12.1 Å². The van der Waals surface area contributed by atoms with Crippen LogP contribution in [0.5, 0.6) is 0 Å². The highest BCUT2D eigenvalue weighted by Crippen LogP contribution is 2.38. The van der Waals surface area contributed by atoms with E-state index in [9.17, 15) is 0 Å². The first kappa shape index (κ1) is 24.4. The lowest BCUT2D eigenvalue weighted by Gasteiger charge is -2.38. The summed E-state index contributed by atoms with van der Waals surface area (Å²) in [5, 5.41) is 3.87. The van der Waals surface area contributed by atoms with Crippen molar-refractivity contribution in [2.45, 2.75) is 112 Å². The minimum absolute atomic E-state index is 0.275. The van der Waals surface area contributed by atoms with Crippen LogP contribution in [0.25, 0.3) is 0 Å². The number of hydrogen-bond donors (Lipinski definition) is 1. The van der Waals surface area contributed by atoms with Crippen LogP contribution in [0.15, 0.2) is 23.2 Å². The van der Waals surface area contributed by atoms with Crippen LogP contribution >= 0.6 is 0 Å². The van der Waals surface area contributed by atoms with Gasteiger partial charge in [-0.2, -0.15) is 0 Å². The van der Waals surface area contributed by atoms with Crippen LogP contribution in [-0.2, 0) is 0 Å². The number of nitrogens with zero attached hydrogens (tertiary/aromatic N) is 2. The maximum absolute atomic E-state index is 5.18. The van der Waals surface area contributed by atoms with Crippen LogP contribution in [0.1, 0.15) is 111 Å². The lowest BCUT2D eigenvalue weighted by atomic mass is 9.71. The number of hydrogen-bond acceptors (Lipinski definition) is 3. The molecule has 2 saturated carbocycles. The van der Waals surface area contributed by atoms with Gasteiger partial charge in [0.25, 0.3) is 0 Å². The Morgan fingerprint density at radius 3 is 2.23 bits per heavy atom. The largest absolute Gasteiger partial charge is 0.306 e. The monoisotopic (exact) mass is 425 g/mol. The molecule has 2 fully saturated rings. The average molecular weight is 426 g/mol. The van der Waals surface area contributed by atoms with E-state index in [0.717, 1.165) is 28.9 Å². The molecule has 1 aromatic rings. The summed E-state index contributed by atoms with van der Waals surface area (Å²) in [6, 6.07) is 7.76. The molecule has 0 aromatic carbocycles. The third-order valence-corrected chi connectivity index (χ3v) is 8.08. The van der Waals surface area contributed by atoms with Gasteiger partial charge in [0.05, 0.1) is 23.1 Å². The van der Waals surface area contributed by atoms with Gasteiger partial charge in [-0.15, -0.1) is 0 Å². The van der Waals surface area contributed by atoms with Crippen LogP contribution in [0.2, 0.25) is 0 Å². The molecule has 3 nitrogen and oxygen atoms in total. The van der Waals surface area contributed by atoms with Crippen molar-refractivity contribution < 1.29 is 0 Å². The smallest absolute Gasteiger partial charge is 0.0841 e. The zero-order valence-electron chi connectivity index (χ0n) is 21.4. The second kappa shape index (κ2) is 10.1. The van der Waals surface area contributed by atoms with Crippen LogP contribution in [0.4, 0.5) is 0 Å². The van der Waals surface area contributed by atoms with E-state index in [1.165, 1.54) is 38.5 Å². The summed E-state index contributed by atoms with van der Waals surface area (Å²) >= 11 is 0. The standard InChI is InChI=1S/C28H47N3/c1-18-16-19(2)27(20(3)17-18)30-22(5)26-11-9-10-25(31-26)21(4)29-24-14-12-23(13-15-24)28(6,7)8/h9-11,18-21,23-24,27,29H,12-17H2,1-8H3. The summed E-state index contributed by atoms with van der Waals surface area (Å²) in [4.78, 5) is 10.2. The van der Waals surface area contributed by atoms with Crippen molar-refractivity contribution in [3.63, 3.8) is 0 Å². The van der Waals surface area contributed by atoms with E-state index in [-0.39, 0.29) is 6.04 Å². The summed E-state index contributed by atoms with van der Waals surface area (Å²) in [6.45, 7) is 18.7. The highest BCUT2D eigenvalue weighted by molar-refractivity contribution is 5.97. The highest BCUT2D eigenvalue weighted by Gasteiger charge is 2.32. The molecule has 0 amide bonds. The Morgan fingerprint density at radius 1 is 1.03 bits per heavy atom. The van der Waals surface area contributed by atoms with Crippen LogP contribution in [0, 0.1) is 29.1 Å². The molecule has 0 saturated heterocycles. The molecule has 31 heavy (non-hydrogen) atoms. The maximum Gasteiger partial charge on any atom is 0.0841 e. The quantitative estimate of drug-likeness (QED) is 0.506. The van der Waals surface area contributed by atoms with Crippen molar-refractivity contribution in [2.24, 2.45) is 34.1 Å². The summed E-state index contributed by atoms with van der Waals surface area (Å²) in [5.74, 6) is 2.98. The topological polar surface area (TPSA) is 37.3 Å². The molecule has 3 atom stereocenters. The summed E-state index contributed by atoms with van der Waals surface area (Å²) in [7, 11) is 0. The zero-order chi connectivity index (χ0) is 22.8. The van der Waals surface area contributed by atoms with Crippen LogP contribution < -0.4 is 5.32 Å². The highest BCUT2D eigenvalue weighted by atomic mass is 15.0. The molecule has 174 valence electrons. The molecule has 0 spiro atoms. The normalized spacial score (nSPS) is 33.9. The molecule has 2 aliphatic carbocycles. The van der Waals surface area contributed by atoms with Crippen molar-refractivity contribution in [3.8, 4) is 0 Å². The first-order chi connectivity index (χ1) is 14.5. The van der Waals surface area contributed by atoms with E-state index in [1.54, 1.807) is 0 Å². The van der Waals surface area contributed by atoms with Crippen molar-refractivity contribution in [2.75, 3.05) is 0 Å². The molecule has 1 N–H and O–H groups in total. The SMILES string of the molecule is CC(=NC1C(C)CC(C)CC1C)c1cccc(C(C)NC2CCC(C(C)(C)C)CC2)n1. The first-order valence-electron chi connectivity index (χ1n) is 12.8. The second-order valence-corrected chi connectivity index (χ2v) is 12.0. The fourth-order valence-electron chi connectivity index (χ4n) is 6.21. The molecule has 3 rings (SSSR count). The average Bonchev–Trinajstić information content (AvgIpc) is 2.70. The molecule has 0 aliphatic heterocycles. The Hall–Kier alpha value is -1.22. The van der Waals surface area contributed by atoms with Crippen molar-refractivity contribution >= 4 is 5.71 Å². The maximum atomic E-state index is 5.18. The predicted molar refractivity (Wildman–Crippen MR) is 134 cm³/mol. The minimum Gasteiger partial charge on any atom is -0.306 e. The van der Waals surface area contributed by atoms with Crippen LogP contribution in [-0.4, -0.2) is 22.8 Å². The molecular weight excluding hydrogens is 378 g/mol. The van der Waals surface area contributed by atoms with E-state index in [2.05, 4.69) is 78.9 Å². The van der Waals surface area contributed by atoms with Gasteiger partial charge in [-0.05, 0) is 93.6 Å². The van der Waals surface area contributed by atoms with Crippen molar-refractivity contribution in [3.05, 3.63) is 29.6 Å². The van der Waals surface area contributed by atoms with Gasteiger partial charge < -0.3 is 5.32 Å². The Bertz CT molecular complexity index is 727. The fraction of sp³-hybridized carbons (Fsp3) is 0.786. The van der Waals surface area contributed by atoms with E-state index in [1.807, 2.05) is 0 Å². The van der Waals surface area contributed by atoms with Gasteiger partial charge in [-0.1, -0.05) is 47.6 Å². The zero-order valence-corrected chi connectivity index (χ0v) is 21.4. The molecule has 3 unspecified atom stereocenters. The molecule has 1 aromatic heterocycles. The van der Waals surface area contributed by atoms with E-state index >= 15 is 0 Å². The lowest BCUT2D eigenvalue weighted by molar-refractivity contribution is 0.156. The second-order valence-electron chi connectivity index (χ2n) is 12.0. The van der Waals surface area contributed by atoms with E-state index in [4.69, 9.17) is 9.98 Å². The third-order valence-electron chi connectivity index (χ3n) is 8.08. The lowest BCUT2D eigenvalue weighted by Crippen LogP contribution is -2.37. The van der Waals surface area contributed by atoms with E-state index < -0.39 is 0 Å². The third kappa shape index (κ3) is 6.40. The Labute approximate surface area is 191 Å². The molecular formula is C28H47N3. The van der Waals surface area contributed by atoms with E-state index in [0.29, 0.717) is 29.3 Å².